The van der Waals surface area contributed by atoms with Gasteiger partial charge in [-0.15, -0.1) is 0 Å². The van der Waals surface area contributed by atoms with Crippen LogP contribution in [-0.2, 0) is 0 Å². The number of nitrogens with one attached hydrogen (secondary N) is 1. The maximum Gasteiger partial charge on any atom is 0.257 e. The third kappa shape index (κ3) is 3.32. The van der Waals surface area contributed by atoms with Crippen molar-refractivity contribution in [1.82, 2.24) is 24.7 Å². The van der Waals surface area contributed by atoms with E-state index < -0.39 is 0 Å². The molecular weight excluding hydrogens is 328 g/mol. The second-order valence-corrected chi connectivity index (χ2v) is 5.50. The summed E-state index contributed by atoms with van der Waals surface area (Å²) in [5.74, 6) is 0.727. The van der Waals surface area contributed by atoms with Gasteiger partial charge in [0.15, 0.2) is 5.82 Å². The van der Waals surface area contributed by atoms with Crippen molar-refractivity contribution in [3.8, 4) is 16.9 Å². The number of benzene rings is 1. The van der Waals surface area contributed by atoms with Crippen LogP contribution in [0, 0.1) is 0 Å². The van der Waals surface area contributed by atoms with Crippen molar-refractivity contribution in [3.05, 3.63) is 85.2 Å². The second-order valence-electron chi connectivity index (χ2n) is 5.50. The summed E-state index contributed by atoms with van der Waals surface area (Å²) in [6.45, 7) is 0. The van der Waals surface area contributed by atoms with Crippen LogP contribution >= 0.6 is 0 Å². The molecule has 0 fully saturated rings. The summed E-state index contributed by atoms with van der Waals surface area (Å²) in [6, 6.07) is 16.9. The molecule has 0 aliphatic heterocycles. The summed E-state index contributed by atoms with van der Waals surface area (Å²) in [7, 11) is 0. The second kappa shape index (κ2) is 6.94. The molecule has 0 unspecified atom stereocenters. The minimum absolute atomic E-state index is 0.270. The largest absolute Gasteiger partial charge is 0.307 e. The predicted octanol–water partition coefficient (Wildman–Crippen LogP) is 2.98. The van der Waals surface area contributed by atoms with Gasteiger partial charge in [0.25, 0.3) is 5.91 Å². The van der Waals surface area contributed by atoms with Crippen molar-refractivity contribution < 1.29 is 4.79 Å². The highest BCUT2D eigenvalue weighted by Crippen LogP contribution is 2.19. The number of hydrogen-bond acceptors (Lipinski definition) is 5. The molecule has 26 heavy (non-hydrogen) atoms. The lowest BCUT2D eigenvalue weighted by atomic mass is 10.1. The Hall–Kier alpha value is -3.87. The van der Waals surface area contributed by atoms with Gasteiger partial charge in [0.2, 0.25) is 0 Å². The number of rotatable bonds is 4. The van der Waals surface area contributed by atoms with Gasteiger partial charge in [-0.25, -0.2) is 19.6 Å². The number of aromatic nitrogens is 5. The maximum atomic E-state index is 12.5. The van der Waals surface area contributed by atoms with Crippen LogP contribution in [0.15, 0.2) is 79.6 Å². The number of anilines is 1. The van der Waals surface area contributed by atoms with E-state index in [9.17, 15) is 4.79 Å². The molecule has 0 atom stereocenters. The molecule has 0 saturated carbocycles. The predicted molar refractivity (Wildman–Crippen MR) is 96.8 cm³/mol. The molecule has 1 aromatic carbocycles. The van der Waals surface area contributed by atoms with Crippen LogP contribution in [0.2, 0.25) is 0 Å². The lowest BCUT2D eigenvalue weighted by molar-refractivity contribution is 0.102. The SMILES string of the molecule is O=C(Nc1ccc(-c2ccccc2)cn1)c1ccnc(-n2cncn2)c1. The molecule has 0 spiro atoms. The average molecular weight is 342 g/mol. The number of carbonyl (C=O) groups is 1. The Kier molecular flexibility index (Phi) is 4.17. The van der Waals surface area contributed by atoms with E-state index in [4.69, 9.17) is 0 Å². The summed E-state index contributed by atoms with van der Waals surface area (Å²) in [5.41, 5.74) is 2.52. The van der Waals surface area contributed by atoms with E-state index in [2.05, 4.69) is 25.4 Å². The lowest BCUT2D eigenvalue weighted by Gasteiger charge is -2.07. The number of amides is 1. The van der Waals surface area contributed by atoms with Crippen LogP contribution in [-0.4, -0.2) is 30.6 Å². The van der Waals surface area contributed by atoms with Crippen LogP contribution in [0.3, 0.4) is 0 Å². The first kappa shape index (κ1) is 15.6. The molecule has 7 nitrogen and oxygen atoms in total. The van der Waals surface area contributed by atoms with Crippen molar-refractivity contribution in [2.75, 3.05) is 5.32 Å². The molecule has 4 aromatic rings. The van der Waals surface area contributed by atoms with Crippen LogP contribution < -0.4 is 5.32 Å². The Morgan fingerprint density at radius 2 is 1.85 bits per heavy atom. The third-order valence-corrected chi connectivity index (χ3v) is 3.77. The summed E-state index contributed by atoms with van der Waals surface area (Å²) in [6.07, 6.45) is 6.22. The Labute approximate surface area is 149 Å². The minimum Gasteiger partial charge on any atom is -0.307 e. The molecule has 126 valence electrons. The topological polar surface area (TPSA) is 85.6 Å². The summed E-state index contributed by atoms with van der Waals surface area (Å²) < 4.78 is 1.49. The van der Waals surface area contributed by atoms with E-state index in [1.165, 1.54) is 17.3 Å². The first-order valence-electron chi connectivity index (χ1n) is 7.93. The van der Waals surface area contributed by atoms with Crippen LogP contribution in [0.5, 0.6) is 0 Å². The van der Waals surface area contributed by atoms with Crippen LogP contribution in [0.1, 0.15) is 10.4 Å². The first-order valence-corrected chi connectivity index (χ1v) is 7.93. The zero-order valence-electron chi connectivity index (χ0n) is 13.6. The van der Waals surface area contributed by atoms with E-state index in [1.54, 1.807) is 30.6 Å². The summed E-state index contributed by atoms with van der Waals surface area (Å²) >= 11 is 0. The van der Waals surface area contributed by atoms with Gasteiger partial charge in [-0.2, -0.15) is 5.10 Å². The van der Waals surface area contributed by atoms with E-state index >= 15 is 0 Å². The van der Waals surface area contributed by atoms with Gasteiger partial charge in [-0.1, -0.05) is 30.3 Å². The quantitative estimate of drug-likeness (QED) is 0.616. The summed E-state index contributed by atoms with van der Waals surface area (Å²) in [4.78, 5) is 24.8. The fourth-order valence-electron chi connectivity index (χ4n) is 2.47. The number of hydrogen-bond donors (Lipinski definition) is 1. The highest BCUT2D eigenvalue weighted by Gasteiger charge is 2.09. The Balaban J connectivity index is 1.51. The third-order valence-electron chi connectivity index (χ3n) is 3.77. The lowest BCUT2D eigenvalue weighted by Crippen LogP contribution is -2.13. The average Bonchev–Trinajstić information content (AvgIpc) is 3.24. The molecule has 0 aliphatic rings. The Morgan fingerprint density at radius 3 is 2.58 bits per heavy atom. The van der Waals surface area contributed by atoms with Crippen molar-refractivity contribution >= 4 is 11.7 Å². The fourth-order valence-corrected chi connectivity index (χ4v) is 2.47. The molecule has 3 aromatic heterocycles. The van der Waals surface area contributed by atoms with Crippen molar-refractivity contribution in [2.24, 2.45) is 0 Å². The van der Waals surface area contributed by atoms with Gasteiger partial charge >= 0.3 is 0 Å². The van der Waals surface area contributed by atoms with E-state index in [1.807, 2.05) is 36.4 Å². The number of nitrogens with zero attached hydrogens (tertiary/aromatic N) is 5. The van der Waals surface area contributed by atoms with Gasteiger partial charge < -0.3 is 5.32 Å². The molecule has 7 heteroatoms. The number of carbonyl (C=O) groups excluding carboxylic acids is 1. The molecule has 0 bridgehead atoms. The van der Waals surface area contributed by atoms with Crippen molar-refractivity contribution in [2.45, 2.75) is 0 Å². The van der Waals surface area contributed by atoms with E-state index in [0.29, 0.717) is 17.2 Å². The van der Waals surface area contributed by atoms with Gasteiger partial charge in [-0.3, -0.25) is 4.79 Å². The highest BCUT2D eigenvalue weighted by atomic mass is 16.1. The highest BCUT2D eigenvalue weighted by molar-refractivity contribution is 6.04. The standard InChI is InChI=1S/C19H14N6O/c26-19(15-8-9-21-18(10-15)25-13-20-12-23-25)24-17-7-6-16(11-22-17)14-4-2-1-3-5-14/h1-13H,(H,22,24,26). The molecule has 4 rings (SSSR count). The smallest absolute Gasteiger partial charge is 0.257 e. The van der Waals surface area contributed by atoms with Gasteiger partial charge in [-0.05, 0) is 29.8 Å². The summed E-state index contributed by atoms with van der Waals surface area (Å²) in [5, 5.41) is 6.79. The maximum absolute atomic E-state index is 12.5. The van der Waals surface area contributed by atoms with Gasteiger partial charge in [0, 0.05) is 23.5 Å². The fraction of sp³-hybridized carbons (Fsp3) is 0. The van der Waals surface area contributed by atoms with Crippen LogP contribution in [0.25, 0.3) is 16.9 Å². The molecular formula is C19H14N6O. The minimum atomic E-state index is -0.270. The van der Waals surface area contributed by atoms with Crippen LogP contribution in [0.4, 0.5) is 5.82 Å². The Bertz CT molecular complexity index is 1010. The van der Waals surface area contributed by atoms with E-state index in [0.717, 1.165) is 11.1 Å². The normalized spacial score (nSPS) is 10.5. The molecule has 0 saturated heterocycles. The zero-order valence-corrected chi connectivity index (χ0v) is 13.6. The monoisotopic (exact) mass is 342 g/mol. The van der Waals surface area contributed by atoms with Gasteiger partial charge in [0.1, 0.15) is 18.5 Å². The number of pyridine rings is 2. The Morgan fingerprint density at radius 1 is 0.962 bits per heavy atom. The molecule has 1 amide bonds. The van der Waals surface area contributed by atoms with Crippen molar-refractivity contribution in [3.63, 3.8) is 0 Å². The zero-order chi connectivity index (χ0) is 17.8. The molecule has 1 N–H and O–H groups in total. The molecule has 3 heterocycles. The van der Waals surface area contributed by atoms with Gasteiger partial charge in [0.05, 0.1) is 0 Å². The first-order chi connectivity index (χ1) is 12.8. The van der Waals surface area contributed by atoms with Crippen molar-refractivity contribution in [1.29, 1.82) is 0 Å². The molecule has 0 radical (unpaired) electrons. The van der Waals surface area contributed by atoms with E-state index in [-0.39, 0.29) is 5.91 Å². The molecule has 0 aliphatic carbocycles.